The lowest BCUT2D eigenvalue weighted by Crippen LogP contribution is -2.21. The van der Waals surface area contributed by atoms with Gasteiger partial charge in [0.05, 0.1) is 0 Å². The van der Waals surface area contributed by atoms with Gasteiger partial charge < -0.3 is 20.6 Å². The van der Waals surface area contributed by atoms with Gasteiger partial charge in [0.2, 0.25) is 0 Å². The van der Waals surface area contributed by atoms with Gasteiger partial charge in [-0.1, -0.05) is 117 Å². The summed E-state index contributed by atoms with van der Waals surface area (Å²) in [5, 5.41) is 53.5. The van der Waals surface area contributed by atoms with Gasteiger partial charge in [0.25, 0.3) is 0 Å². The molecule has 38 heavy (non-hydrogen) atoms. The lowest BCUT2D eigenvalue weighted by Gasteiger charge is -2.34. The fourth-order valence-electron chi connectivity index (χ4n) is 3.99. The molecule has 0 amide bonds. The normalized spacial score (nSPS) is 14.2. The van der Waals surface area contributed by atoms with Crippen LogP contribution >= 0.6 is 23.5 Å². The highest BCUT2D eigenvalue weighted by Gasteiger charge is 2.26. The molecule has 0 aliphatic carbocycles. The molecule has 0 aliphatic heterocycles. The van der Waals surface area contributed by atoms with E-state index in [9.17, 15) is 20.6 Å². The standard InChI is InChI=1S/C30H44N2O4S2/c1-27(2,3)19-13-17(14-20(23(19)33)28(4,5)6)37-25(31-35)26(32-36)38-18-15-21(29(7,8)9)24(34)22(16-18)30(10,11)12/h13-16,33-36H,1-12H3/p-2/b31-25-,32-26-. The van der Waals surface area contributed by atoms with Crippen molar-refractivity contribution in [3.8, 4) is 11.5 Å². The summed E-state index contributed by atoms with van der Waals surface area (Å²) in [5.74, 6) is 0.00812. The maximum Gasteiger partial charge on any atom is 0.176 e. The van der Waals surface area contributed by atoms with Gasteiger partial charge in [0.1, 0.15) is 0 Å². The lowest BCUT2D eigenvalue weighted by molar-refractivity contribution is -0.272. The second-order valence-electron chi connectivity index (χ2n) is 13.7. The van der Waals surface area contributed by atoms with Crippen molar-refractivity contribution < 1.29 is 20.6 Å². The van der Waals surface area contributed by atoms with Crippen molar-refractivity contribution in [3.63, 3.8) is 0 Å². The minimum absolute atomic E-state index is 0.00406. The van der Waals surface area contributed by atoms with E-state index in [4.69, 9.17) is 0 Å². The molecule has 0 radical (unpaired) electrons. The van der Waals surface area contributed by atoms with E-state index in [-0.39, 0.29) is 43.2 Å². The van der Waals surface area contributed by atoms with Crippen LogP contribution in [0.1, 0.15) is 105 Å². The molecule has 0 heterocycles. The maximum absolute atomic E-state index is 13.3. The average molecular weight is 559 g/mol. The van der Waals surface area contributed by atoms with Crippen molar-refractivity contribution in [2.24, 2.45) is 10.3 Å². The number of oxime groups is 2. The van der Waals surface area contributed by atoms with E-state index in [2.05, 4.69) is 10.3 Å². The molecular weight excluding hydrogens is 516 g/mol. The summed E-state index contributed by atoms with van der Waals surface area (Å²) in [5.41, 5.74) is 1.09. The highest BCUT2D eigenvalue weighted by Crippen LogP contribution is 2.43. The van der Waals surface area contributed by atoms with E-state index in [1.54, 1.807) is 0 Å². The van der Waals surface area contributed by atoms with Gasteiger partial charge in [-0.05, 0) is 68.2 Å². The number of thioether (sulfide) groups is 2. The topological polar surface area (TPSA) is 111 Å². The highest BCUT2D eigenvalue weighted by molar-refractivity contribution is 8.25. The number of hydrogen-bond acceptors (Lipinski definition) is 8. The van der Waals surface area contributed by atoms with Crippen molar-refractivity contribution in [2.75, 3.05) is 0 Å². The minimum Gasteiger partial charge on any atom is -0.872 e. The Labute approximate surface area is 236 Å². The van der Waals surface area contributed by atoms with Gasteiger partial charge in [-0.25, -0.2) is 0 Å². The van der Waals surface area contributed by atoms with Crippen molar-refractivity contribution in [1.29, 1.82) is 0 Å². The van der Waals surface area contributed by atoms with Crippen LogP contribution in [0.5, 0.6) is 11.5 Å². The summed E-state index contributed by atoms with van der Waals surface area (Å²) in [6.45, 7) is 23.9. The van der Waals surface area contributed by atoms with Crippen LogP contribution in [0.2, 0.25) is 0 Å². The fourth-order valence-corrected chi connectivity index (χ4v) is 5.73. The van der Waals surface area contributed by atoms with E-state index in [1.807, 2.05) is 107 Å². The van der Waals surface area contributed by atoms with Crippen molar-refractivity contribution in [3.05, 3.63) is 46.5 Å². The molecule has 0 spiro atoms. The molecule has 210 valence electrons. The Kier molecular flexibility index (Phi) is 9.27. The summed E-state index contributed by atoms with van der Waals surface area (Å²) in [7, 11) is 0. The van der Waals surface area contributed by atoms with Crippen LogP contribution < -0.4 is 10.2 Å². The predicted octanol–water partition coefficient (Wildman–Crippen LogP) is 7.48. The van der Waals surface area contributed by atoms with Gasteiger partial charge in [-0.3, -0.25) is 0 Å². The quantitative estimate of drug-likeness (QED) is 0.130. The maximum atomic E-state index is 13.3. The molecule has 2 rings (SSSR count). The lowest BCUT2D eigenvalue weighted by atomic mass is 9.79. The second kappa shape index (κ2) is 11.0. The molecule has 0 saturated heterocycles. The molecule has 6 nitrogen and oxygen atoms in total. The van der Waals surface area contributed by atoms with Crippen LogP contribution in [-0.2, 0) is 21.7 Å². The molecule has 8 heteroatoms. The third-order valence-electron chi connectivity index (χ3n) is 6.15. The monoisotopic (exact) mass is 558 g/mol. The summed E-state index contributed by atoms with van der Waals surface area (Å²) >= 11 is 2.24. The van der Waals surface area contributed by atoms with Crippen molar-refractivity contribution in [2.45, 2.75) is 115 Å². The van der Waals surface area contributed by atoms with Gasteiger partial charge >= 0.3 is 0 Å². The summed E-state index contributed by atoms with van der Waals surface area (Å²) in [6.07, 6.45) is 0. The van der Waals surface area contributed by atoms with Crippen LogP contribution in [-0.4, -0.2) is 20.5 Å². The molecule has 0 bridgehead atoms. The van der Waals surface area contributed by atoms with E-state index in [0.717, 1.165) is 23.5 Å². The van der Waals surface area contributed by atoms with Gasteiger partial charge in [0, 0.05) is 9.79 Å². The van der Waals surface area contributed by atoms with Crippen LogP contribution in [0.4, 0.5) is 0 Å². The SMILES string of the molecule is CC(C)(C)c1cc(SC(=N\O)/C(=N/O)Sc2cc(C(C)(C)C)c([O-])c(C(C)(C)C)c2)cc(C(C)(C)C)c1[O-]. The first kappa shape index (κ1) is 31.9. The van der Waals surface area contributed by atoms with E-state index >= 15 is 0 Å². The Bertz CT molecular complexity index is 1070. The molecule has 0 atom stereocenters. The number of rotatable bonds is 2. The minimum atomic E-state index is -0.389. The van der Waals surface area contributed by atoms with E-state index in [0.29, 0.717) is 32.0 Å². The molecule has 0 aromatic heterocycles. The zero-order chi connectivity index (χ0) is 29.4. The molecule has 2 N–H and O–H groups in total. The van der Waals surface area contributed by atoms with Crippen LogP contribution in [0, 0.1) is 0 Å². The van der Waals surface area contributed by atoms with Crippen molar-refractivity contribution in [1.82, 2.24) is 0 Å². The third-order valence-corrected chi connectivity index (χ3v) is 8.16. The fraction of sp³-hybridized carbons (Fsp3) is 0.533. The smallest absolute Gasteiger partial charge is 0.176 e. The van der Waals surface area contributed by atoms with Crippen LogP contribution in [0.3, 0.4) is 0 Å². The molecule has 0 fully saturated rings. The first-order valence-corrected chi connectivity index (χ1v) is 14.3. The average Bonchev–Trinajstić information content (AvgIpc) is 2.74. The van der Waals surface area contributed by atoms with Gasteiger partial charge in [-0.2, -0.15) is 0 Å². The predicted molar refractivity (Wildman–Crippen MR) is 157 cm³/mol. The number of hydrogen-bond donors (Lipinski definition) is 2. The number of nitrogens with zero attached hydrogens (tertiary/aromatic N) is 2. The Hall–Kier alpha value is -2.32. The van der Waals surface area contributed by atoms with E-state index < -0.39 is 0 Å². The molecule has 2 aromatic carbocycles. The zero-order valence-electron chi connectivity index (χ0n) is 24.7. The van der Waals surface area contributed by atoms with Crippen molar-refractivity contribution >= 4 is 33.6 Å². The molecule has 2 aromatic rings. The second-order valence-corrected chi connectivity index (χ2v) is 15.8. The van der Waals surface area contributed by atoms with E-state index in [1.165, 1.54) is 0 Å². The third kappa shape index (κ3) is 7.41. The van der Waals surface area contributed by atoms with Gasteiger partial charge in [0.15, 0.2) is 10.1 Å². The first-order chi connectivity index (χ1) is 17.1. The Morgan fingerprint density at radius 3 is 0.895 bits per heavy atom. The molecule has 0 saturated carbocycles. The molecular formula is C30H42N2O4S2-2. The first-order valence-electron chi connectivity index (χ1n) is 12.6. The Balaban J connectivity index is 2.58. The highest BCUT2D eigenvalue weighted by atomic mass is 32.2. The Morgan fingerprint density at radius 2 is 0.737 bits per heavy atom. The van der Waals surface area contributed by atoms with Crippen LogP contribution in [0.25, 0.3) is 0 Å². The summed E-state index contributed by atoms with van der Waals surface area (Å²) < 4.78 is 0. The number of benzene rings is 2. The summed E-state index contributed by atoms with van der Waals surface area (Å²) in [6, 6.07) is 7.26. The Morgan fingerprint density at radius 1 is 0.526 bits per heavy atom. The van der Waals surface area contributed by atoms with Crippen LogP contribution in [0.15, 0.2) is 44.4 Å². The van der Waals surface area contributed by atoms with Gasteiger partial charge in [-0.15, -0.1) is 11.5 Å². The molecule has 0 unspecified atom stereocenters. The summed E-state index contributed by atoms with van der Waals surface area (Å²) in [4.78, 5) is 1.41. The largest absolute Gasteiger partial charge is 0.872 e. The zero-order valence-corrected chi connectivity index (χ0v) is 26.4. The molecule has 0 aliphatic rings.